The van der Waals surface area contributed by atoms with E-state index in [-0.39, 0.29) is 0 Å². The van der Waals surface area contributed by atoms with Crippen molar-refractivity contribution in [3.63, 3.8) is 0 Å². The van der Waals surface area contributed by atoms with Crippen LogP contribution in [0.4, 0.5) is 0 Å². The summed E-state index contributed by atoms with van der Waals surface area (Å²) >= 11 is 0. The molecule has 0 bridgehead atoms. The Morgan fingerprint density at radius 1 is 1.07 bits per heavy atom. The molecule has 2 aliphatic rings. The van der Waals surface area contributed by atoms with Crippen molar-refractivity contribution >= 4 is 5.96 Å². The SMILES string of the molecule is CCNC(=NCCCOC1CCOCC1)NC1CCC(c2ccccc2)CC1. The zero-order valence-corrected chi connectivity index (χ0v) is 17.4. The highest BCUT2D eigenvalue weighted by molar-refractivity contribution is 5.80. The molecule has 5 heteroatoms. The maximum absolute atomic E-state index is 5.94. The van der Waals surface area contributed by atoms with E-state index in [9.17, 15) is 0 Å². The summed E-state index contributed by atoms with van der Waals surface area (Å²) in [6, 6.07) is 11.5. The molecule has 3 rings (SSSR count). The Bertz CT molecular complexity index is 564. The molecule has 1 aliphatic carbocycles. The number of hydrogen-bond acceptors (Lipinski definition) is 3. The topological polar surface area (TPSA) is 54.9 Å². The van der Waals surface area contributed by atoms with E-state index in [4.69, 9.17) is 14.5 Å². The maximum Gasteiger partial charge on any atom is 0.191 e. The van der Waals surface area contributed by atoms with E-state index in [1.165, 1.54) is 31.2 Å². The Morgan fingerprint density at radius 3 is 2.54 bits per heavy atom. The van der Waals surface area contributed by atoms with Gasteiger partial charge < -0.3 is 20.1 Å². The largest absolute Gasteiger partial charge is 0.381 e. The summed E-state index contributed by atoms with van der Waals surface area (Å²) in [5.41, 5.74) is 1.49. The summed E-state index contributed by atoms with van der Waals surface area (Å²) in [5.74, 6) is 1.66. The molecule has 0 aromatic heterocycles. The molecule has 156 valence electrons. The highest BCUT2D eigenvalue weighted by atomic mass is 16.5. The van der Waals surface area contributed by atoms with Crippen LogP contribution in [-0.2, 0) is 9.47 Å². The quantitative estimate of drug-likeness (QED) is 0.404. The second kappa shape index (κ2) is 12.1. The highest BCUT2D eigenvalue weighted by Gasteiger charge is 2.22. The fraction of sp³-hybridized carbons (Fsp3) is 0.696. The third kappa shape index (κ3) is 7.10. The molecule has 1 aliphatic heterocycles. The van der Waals surface area contributed by atoms with Crippen LogP contribution in [0.3, 0.4) is 0 Å². The summed E-state index contributed by atoms with van der Waals surface area (Å²) < 4.78 is 11.3. The van der Waals surface area contributed by atoms with Crippen LogP contribution < -0.4 is 10.6 Å². The van der Waals surface area contributed by atoms with Crippen LogP contribution in [0.15, 0.2) is 35.3 Å². The van der Waals surface area contributed by atoms with Gasteiger partial charge in [-0.1, -0.05) is 30.3 Å². The zero-order chi connectivity index (χ0) is 19.4. The second-order valence-electron chi connectivity index (χ2n) is 7.90. The fourth-order valence-corrected chi connectivity index (χ4v) is 4.16. The van der Waals surface area contributed by atoms with Gasteiger partial charge in [-0.25, -0.2) is 0 Å². The number of guanidine groups is 1. The highest BCUT2D eigenvalue weighted by Crippen LogP contribution is 2.32. The van der Waals surface area contributed by atoms with E-state index in [2.05, 4.69) is 47.9 Å². The molecular formula is C23H37N3O2. The lowest BCUT2D eigenvalue weighted by molar-refractivity contribution is -0.0318. The maximum atomic E-state index is 5.94. The van der Waals surface area contributed by atoms with Gasteiger partial charge in [0.25, 0.3) is 0 Å². The Hall–Kier alpha value is -1.59. The van der Waals surface area contributed by atoms with Crippen LogP contribution in [0, 0.1) is 0 Å². The van der Waals surface area contributed by atoms with Crippen LogP contribution in [0.2, 0.25) is 0 Å². The first-order chi connectivity index (χ1) is 13.8. The smallest absolute Gasteiger partial charge is 0.191 e. The lowest BCUT2D eigenvalue weighted by atomic mass is 9.82. The molecule has 0 atom stereocenters. The zero-order valence-electron chi connectivity index (χ0n) is 17.4. The summed E-state index contributed by atoms with van der Waals surface area (Å²) in [4.78, 5) is 4.76. The van der Waals surface area contributed by atoms with Gasteiger partial charge in [0, 0.05) is 39.0 Å². The van der Waals surface area contributed by atoms with Gasteiger partial charge in [-0.3, -0.25) is 4.99 Å². The minimum absolute atomic E-state index is 0.379. The summed E-state index contributed by atoms with van der Waals surface area (Å²) in [6.07, 6.45) is 8.31. The number of ether oxygens (including phenoxy) is 2. The average Bonchev–Trinajstić information content (AvgIpc) is 2.75. The van der Waals surface area contributed by atoms with Gasteiger partial charge in [0.1, 0.15) is 0 Å². The molecule has 0 amide bonds. The van der Waals surface area contributed by atoms with Gasteiger partial charge in [0.2, 0.25) is 0 Å². The third-order valence-electron chi connectivity index (χ3n) is 5.78. The molecular weight excluding hydrogens is 350 g/mol. The van der Waals surface area contributed by atoms with Gasteiger partial charge in [-0.05, 0) is 63.4 Å². The van der Waals surface area contributed by atoms with E-state index < -0.39 is 0 Å². The summed E-state index contributed by atoms with van der Waals surface area (Å²) in [7, 11) is 0. The molecule has 2 N–H and O–H groups in total. The minimum Gasteiger partial charge on any atom is -0.381 e. The van der Waals surface area contributed by atoms with E-state index in [1.807, 2.05) is 0 Å². The Morgan fingerprint density at radius 2 is 1.82 bits per heavy atom. The predicted molar refractivity (Wildman–Crippen MR) is 115 cm³/mol. The number of aliphatic imine (C=N–C) groups is 1. The second-order valence-corrected chi connectivity index (χ2v) is 7.90. The first kappa shape index (κ1) is 21.1. The van der Waals surface area contributed by atoms with E-state index in [0.717, 1.165) is 58.1 Å². The molecule has 0 unspecified atom stereocenters. The molecule has 1 saturated carbocycles. The lowest BCUT2D eigenvalue weighted by Crippen LogP contribution is -2.44. The molecule has 1 aromatic rings. The van der Waals surface area contributed by atoms with Crippen molar-refractivity contribution < 1.29 is 9.47 Å². The van der Waals surface area contributed by atoms with Crippen LogP contribution in [0.5, 0.6) is 0 Å². The lowest BCUT2D eigenvalue weighted by Gasteiger charge is -2.30. The van der Waals surface area contributed by atoms with Gasteiger partial charge in [-0.2, -0.15) is 0 Å². The van der Waals surface area contributed by atoms with Crippen molar-refractivity contribution in [1.82, 2.24) is 10.6 Å². The molecule has 2 fully saturated rings. The Balaban J connectivity index is 1.36. The third-order valence-corrected chi connectivity index (χ3v) is 5.78. The van der Waals surface area contributed by atoms with Crippen molar-refractivity contribution in [1.29, 1.82) is 0 Å². The first-order valence-electron chi connectivity index (χ1n) is 11.1. The standard InChI is InChI=1S/C23H37N3O2/c1-2-24-23(25-15-6-16-28-22-13-17-27-18-14-22)26-21-11-9-20(10-12-21)19-7-4-3-5-8-19/h3-5,7-8,20-22H,2,6,9-18H2,1H3,(H2,24,25,26). The van der Waals surface area contributed by atoms with E-state index >= 15 is 0 Å². The number of nitrogens with one attached hydrogen (secondary N) is 2. The van der Waals surface area contributed by atoms with Crippen molar-refractivity contribution in [2.24, 2.45) is 4.99 Å². The van der Waals surface area contributed by atoms with Gasteiger partial charge in [-0.15, -0.1) is 0 Å². The summed E-state index contributed by atoms with van der Waals surface area (Å²) in [5, 5.41) is 7.05. The molecule has 5 nitrogen and oxygen atoms in total. The van der Waals surface area contributed by atoms with Crippen LogP contribution >= 0.6 is 0 Å². The number of hydrogen-bond donors (Lipinski definition) is 2. The van der Waals surface area contributed by atoms with E-state index in [0.29, 0.717) is 18.1 Å². The fourth-order valence-electron chi connectivity index (χ4n) is 4.16. The molecule has 1 heterocycles. The van der Waals surface area contributed by atoms with Crippen molar-refractivity contribution in [2.75, 3.05) is 32.9 Å². The number of nitrogens with zero attached hydrogens (tertiary/aromatic N) is 1. The summed E-state index contributed by atoms with van der Waals surface area (Å²) in [6.45, 7) is 6.28. The normalized spacial score (nSPS) is 24.1. The van der Waals surface area contributed by atoms with Crippen LogP contribution in [0.25, 0.3) is 0 Å². The van der Waals surface area contributed by atoms with Gasteiger partial charge in [0.15, 0.2) is 5.96 Å². The predicted octanol–water partition coefficient (Wildman–Crippen LogP) is 3.85. The molecule has 0 spiro atoms. The minimum atomic E-state index is 0.379. The average molecular weight is 388 g/mol. The van der Waals surface area contributed by atoms with Crippen LogP contribution in [-0.4, -0.2) is 51.0 Å². The molecule has 0 radical (unpaired) electrons. The molecule has 28 heavy (non-hydrogen) atoms. The van der Waals surface area contributed by atoms with E-state index in [1.54, 1.807) is 0 Å². The Labute approximate surface area is 170 Å². The molecule has 1 aromatic carbocycles. The number of benzene rings is 1. The van der Waals surface area contributed by atoms with Gasteiger partial charge >= 0.3 is 0 Å². The van der Waals surface area contributed by atoms with Crippen molar-refractivity contribution in [2.45, 2.75) is 69.9 Å². The van der Waals surface area contributed by atoms with Crippen LogP contribution in [0.1, 0.15) is 63.4 Å². The molecule has 1 saturated heterocycles. The van der Waals surface area contributed by atoms with Gasteiger partial charge in [0.05, 0.1) is 6.10 Å². The number of rotatable bonds is 8. The van der Waals surface area contributed by atoms with Crippen molar-refractivity contribution in [3.8, 4) is 0 Å². The van der Waals surface area contributed by atoms with Crippen molar-refractivity contribution in [3.05, 3.63) is 35.9 Å². The first-order valence-corrected chi connectivity index (χ1v) is 11.1. The monoisotopic (exact) mass is 387 g/mol. The Kier molecular flexibility index (Phi) is 9.11.